The molecule has 0 aliphatic heterocycles. The molecule has 0 amide bonds. The number of hydrogen-bond acceptors (Lipinski definition) is 3. The fourth-order valence-corrected chi connectivity index (χ4v) is 1.98. The second kappa shape index (κ2) is 5.89. The molecule has 0 saturated heterocycles. The van der Waals surface area contributed by atoms with Crippen LogP contribution in [0.3, 0.4) is 0 Å². The summed E-state index contributed by atoms with van der Waals surface area (Å²) in [6.07, 6.45) is 1.79. The monoisotopic (exact) mass is 265 g/mol. The Labute approximate surface area is 112 Å². The molecular formula is C13H16ClN3O. The Morgan fingerprint density at radius 1 is 1.33 bits per heavy atom. The van der Waals surface area contributed by atoms with Crippen LogP contribution in [0.4, 0.5) is 0 Å². The van der Waals surface area contributed by atoms with Gasteiger partial charge in [-0.2, -0.15) is 5.10 Å². The molecule has 0 unspecified atom stereocenters. The molecule has 4 nitrogen and oxygen atoms in total. The third kappa shape index (κ3) is 3.03. The summed E-state index contributed by atoms with van der Waals surface area (Å²) in [5.74, 6) is 0.844. The quantitative estimate of drug-likeness (QED) is 0.902. The van der Waals surface area contributed by atoms with Crippen LogP contribution in [0.5, 0.6) is 5.75 Å². The van der Waals surface area contributed by atoms with Gasteiger partial charge in [-0.25, -0.2) is 0 Å². The number of halogens is 1. The van der Waals surface area contributed by atoms with E-state index in [1.165, 1.54) is 0 Å². The minimum atomic E-state index is 0.703. The predicted molar refractivity (Wildman–Crippen MR) is 71.8 cm³/mol. The number of ether oxygens (including phenoxy) is 1. The van der Waals surface area contributed by atoms with Crippen LogP contribution in [0.2, 0.25) is 5.02 Å². The van der Waals surface area contributed by atoms with Crippen molar-refractivity contribution >= 4 is 11.6 Å². The highest BCUT2D eigenvalue weighted by molar-refractivity contribution is 6.30. The molecule has 18 heavy (non-hydrogen) atoms. The summed E-state index contributed by atoms with van der Waals surface area (Å²) < 4.78 is 7.15. The summed E-state index contributed by atoms with van der Waals surface area (Å²) in [6, 6.07) is 7.60. The molecular weight excluding hydrogens is 250 g/mol. The molecule has 2 aromatic rings. The molecule has 1 aromatic heterocycles. The summed E-state index contributed by atoms with van der Waals surface area (Å²) in [4.78, 5) is 0. The molecule has 5 heteroatoms. The smallest absolute Gasteiger partial charge is 0.123 e. The molecule has 2 rings (SSSR count). The van der Waals surface area contributed by atoms with E-state index in [2.05, 4.69) is 10.4 Å². The molecule has 0 bridgehead atoms. The Kier molecular flexibility index (Phi) is 4.23. The van der Waals surface area contributed by atoms with Crippen molar-refractivity contribution in [3.63, 3.8) is 0 Å². The predicted octanol–water partition coefficient (Wildman–Crippen LogP) is 2.37. The van der Waals surface area contributed by atoms with Gasteiger partial charge in [-0.05, 0) is 24.3 Å². The Morgan fingerprint density at radius 2 is 2.17 bits per heavy atom. The van der Waals surface area contributed by atoms with Crippen LogP contribution >= 0.6 is 11.6 Å². The summed E-state index contributed by atoms with van der Waals surface area (Å²) in [7, 11) is 3.59. The number of rotatable bonds is 5. The van der Waals surface area contributed by atoms with E-state index >= 15 is 0 Å². The second-order valence-corrected chi connectivity index (χ2v) is 4.44. The maximum atomic E-state index is 5.98. The van der Waals surface area contributed by atoms with Gasteiger partial charge in [0.05, 0.1) is 12.8 Å². The number of nitrogens with one attached hydrogen (secondary N) is 1. The van der Waals surface area contributed by atoms with Gasteiger partial charge in [-0.3, -0.25) is 4.68 Å². The first-order valence-corrected chi connectivity index (χ1v) is 6.08. The maximum absolute atomic E-state index is 5.98. The zero-order chi connectivity index (χ0) is 13.0. The van der Waals surface area contributed by atoms with Crippen LogP contribution in [0, 0.1) is 0 Å². The molecule has 1 heterocycles. The van der Waals surface area contributed by atoms with Crippen LogP contribution in [0.15, 0.2) is 30.5 Å². The van der Waals surface area contributed by atoms with Crippen molar-refractivity contribution in [1.29, 1.82) is 0 Å². The topological polar surface area (TPSA) is 39.1 Å². The van der Waals surface area contributed by atoms with Gasteiger partial charge in [0.1, 0.15) is 5.75 Å². The van der Waals surface area contributed by atoms with Gasteiger partial charge in [0.15, 0.2) is 0 Å². The molecule has 96 valence electrons. The van der Waals surface area contributed by atoms with Crippen molar-refractivity contribution in [2.75, 3.05) is 7.11 Å². The average Bonchev–Trinajstić information content (AvgIpc) is 2.76. The highest BCUT2D eigenvalue weighted by atomic mass is 35.5. The van der Waals surface area contributed by atoms with Gasteiger partial charge in [0.25, 0.3) is 0 Å². The van der Waals surface area contributed by atoms with Crippen molar-refractivity contribution in [1.82, 2.24) is 15.1 Å². The molecule has 0 spiro atoms. The Morgan fingerprint density at radius 3 is 2.83 bits per heavy atom. The fraction of sp³-hybridized carbons (Fsp3) is 0.308. The van der Waals surface area contributed by atoms with E-state index in [1.54, 1.807) is 13.3 Å². The largest absolute Gasteiger partial charge is 0.496 e. The Balaban J connectivity index is 1.98. The highest BCUT2D eigenvalue weighted by Gasteiger charge is 2.04. The summed E-state index contributed by atoms with van der Waals surface area (Å²) >= 11 is 5.98. The van der Waals surface area contributed by atoms with E-state index < -0.39 is 0 Å². The van der Waals surface area contributed by atoms with Gasteiger partial charge in [-0.15, -0.1) is 0 Å². The SMILES string of the molecule is COc1ccc(Cl)cc1CNCc1ccnn1C. The first kappa shape index (κ1) is 12.9. The normalized spacial score (nSPS) is 10.6. The van der Waals surface area contributed by atoms with E-state index in [0.717, 1.165) is 23.6 Å². The average molecular weight is 266 g/mol. The number of hydrogen-bond donors (Lipinski definition) is 1. The summed E-state index contributed by atoms with van der Waals surface area (Å²) in [6.45, 7) is 1.46. The van der Waals surface area contributed by atoms with Gasteiger partial charge < -0.3 is 10.1 Å². The van der Waals surface area contributed by atoms with Gasteiger partial charge >= 0.3 is 0 Å². The van der Waals surface area contributed by atoms with Crippen molar-refractivity contribution in [3.05, 3.63) is 46.7 Å². The van der Waals surface area contributed by atoms with Crippen molar-refractivity contribution in [2.24, 2.45) is 7.05 Å². The molecule has 0 fully saturated rings. The van der Waals surface area contributed by atoms with Crippen molar-refractivity contribution < 1.29 is 4.74 Å². The molecule has 0 aliphatic rings. The zero-order valence-electron chi connectivity index (χ0n) is 10.5. The standard InChI is InChI=1S/C13H16ClN3O/c1-17-12(5-6-16-17)9-15-8-10-7-11(14)3-4-13(10)18-2/h3-7,15H,8-9H2,1-2H3. The van der Waals surface area contributed by atoms with Crippen LogP contribution < -0.4 is 10.1 Å². The number of aromatic nitrogens is 2. The van der Waals surface area contributed by atoms with Gasteiger partial charge in [-0.1, -0.05) is 11.6 Å². The van der Waals surface area contributed by atoms with Crippen molar-refractivity contribution in [3.8, 4) is 5.75 Å². The highest BCUT2D eigenvalue weighted by Crippen LogP contribution is 2.22. The summed E-state index contributed by atoms with van der Waals surface area (Å²) in [5, 5.41) is 8.18. The van der Waals surface area contributed by atoms with Crippen LogP contribution in [0.25, 0.3) is 0 Å². The minimum absolute atomic E-state index is 0.703. The van der Waals surface area contributed by atoms with Crippen LogP contribution in [-0.2, 0) is 20.1 Å². The van der Waals surface area contributed by atoms with Crippen molar-refractivity contribution in [2.45, 2.75) is 13.1 Å². The lowest BCUT2D eigenvalue weighted by molar-refractivity contribution is 0.407. The lowest BCUT2D eigenvalue weighted by atomic mass is 10.2. The van der Waals surface area contributed by atoms with E-state index in [9.17, 15) is 0 Å². The molecule has 0 aliphatic carbocycles. The molecule has 1 N–H and O–H groups in total. The molecule has 1 aromatic carbocycles. The van der Waals surface area contributed by atoms with Gasteiger partial charge in [0, 0.05) is 36.9 Å². The lowest BCUT2D eigenvalue weighted by Gasteiger charge is -2.10. The number of benzene rings is 1. The second-order valence-electron chi connectivity index (χ2n) is 4.01. The lowest BCUT2D eigenvalue weighted by Crippen LogP contribution is -2.15. The summed E-state index contributed by atoms with van der Waals surface area (Å²) in [5.41, 5.74) is 2.18. The number of aryl methyl sites for hydroxylation is 1. The van der Waals surface area contributed by atoms with E-state index in [-0.39, 0.29) is 0 Å². The minimum Gasteiger partial charge on any atom is -0.496 e. The van der Waals surface area contributed by atoms with E-state index in [1.807, 2.05) is 36.0 Å². The third-order valence-corrected chi connectivity index (χ3v) is 3.02. The molecule has 0 saturated carbocycles. The van der Waals surface area contributed by atoms with E-state index in [0.29, 0.717) is 11.6 Å². The fourth-order valence-electron chi connectivity index (χ4n) is 1.79. The van der Waals surface area contributed by atoms with Crippen LogP contribution in [-0.4, -0.2) is 16.9 Å². The third-order valence-electron chi connectivity index (χ3n) is 2.79. The maximum Gasteiger partial charge on any atom is 0.123 e. The zero-order valence-corrected chi connectivity index (χ0v) is 11.2. The first-order valence-electron chi connectivity index (χ1n) is 5.70. The first-order chi connectivity index (χ1) is 8.70. The van der Waals surface area contributed by atoms with E-state index in [4.69, 9.17) is 16.3 Å². The number of nitrogens with zero attached hydrogens (tertiary/aromatic N) is 2. The Hall–Kier alpha value is -1.52. The van der Waals surface area contributed by atoms with Crippen LogP contribution in [0.1, 0.15) is 11.3 Å². The van der Waals surface area contributed by atoms with Gasteiger partial charge in [0.2, 0.25) is 0 Å². The number of methoxy groups -OCH3 is 1. The molecule has 0 radical (unpaired) electrons. The molecule has 0 atom stereocenters. The Bertz CT molecular complexity index is 525.